The highest BCUT2D eigenvalue weighted by atomic mass is 16.1. The number of rotatable bonds is 7. The molecule has 0 unspecified atom stereocenters. The fourth-order valence-corrected chi connectivity index (χ4v) is 3.86. The third-order valence-corrected chi connectivity index (χ3v) is 5.54. The number of aryl methyl sites for hydroxylation is 1. The Labute approximate surface area is 176 Å². The zero-order valence-electron chi connectivity index (χ0n) is 17.4. The maximum Gasteiger partial charge on any atom is 0.185 e. The van der Waals surface area contributed by atoms with E-state index in [1.54, 1.807) is 31.2 Å². The molecule has 0 saturated carbocycles. The molecule has 150 valence electrons. The summed E-state index contributed by atoms with van der Waals surface area (Å²) in [5.74, 6) is 0.00550. The van der Waals surface area contributed by atoms with E-state index in [0.717, 1.165) is 30.3 Å². The molecule has 4 rings (SSSR count). The van der Waals surface area contributed by atoms with Gasteiger partial charge >= 0.3 is 0 Å². The lowest BCUT2D eigenvalue weighted by Crippen LogP contribution is -1.98. The van der Waals surface area contributed by atoms with Crippen LogP contribution in [0.1, 0.15) is 53.0 Å². The normalized spacial score (nSPS) is 11.5. The molecule has 0 radical (unpaired) electrons. The number of hydrogen-bond donors (Lipinski definition) is 0. The molecule has 0 saturated heterocycles. The molecule has 0 aliphatic heterocycles. The second-order valence-corrected chi connectivity index (χ2v) is 7.63. The molecule has 0 aliphatic carbocycles. The van der Waals surface area contributed by atoms with E-state index in [1.807, 2.05) is 30.3 Å². The van der Waals surface area contributed by atoms with E-state index in [1.165, 1.54) is 16.4 Å². The van der Waals surface area contributed by atoms with E-state index in [-0.39, 0.29) is 11.6 Å². The quantitative estimate of drug-likeness (QED) is 0.258. The van der Waals surface area contributed by atoms with E-state index in [2.05, 4.69) is 35.8 Å². The van der Waals surface area contributed by atoms with Crippen molar-refractivity contribution in [3.8, 4) is 0 Å². The highest BCUT2D eigenvalue weighted by Gasteiger charge is 2.12. The number of fused-ring (bicyclic) bond motifs is 3. The van der Waals surface area contributed by atoms with Crippen LogP contribution >= 0.6 is 0 Å². The fourth-order valence-electron chi connectivity index (χ4n) is 3.86. The second-order valence-electron chi connectivity index (χ2n) is 7.63. The molecule has 4 aromatic rings. The largest absolute Gasteiger partial charge is 0.340 e. The molecule has 3 aromatic carbocycles. The monoisotopic (exact) mass is 395 g/mol. The van der Waals surface area contributed by atoms with Gasteiger partial charge in [-0.1, -0.05) is 61.9 Å². The Bertz CT molecular complexity index is 1260. The van der Waals surface area contributed by atoms with Crippen molar-refractivity contribution in [1.29, 1.82) is 0 Å². The highest BCUT2D eigenvalue weighted by molar-refractivity contribution is 6.13. The summed E-state index contributed by atoms with van der Waals surface area (Å²) in [5.41, 5.74) is 4.63. The zero-order valence-corrected chi connectivity index (χ0v) is 17.4. The number of carbonyl (C=O) groups is 2. The smallest absolute Gasteiger partial charge is 0.185 e. The number of unbranched alkanes of at least 4 members (excludes halogenated alkanes) is 1. The third kappa shape index (κ3) is 3.84. The van der Waals surface area contributed by atoms with Crippen LogP contribution in [0.2, 0.25) is 0 Å². The van der Waals surface area contributed by atoms with Gasteiger partial charge in [0.25, 0.3) is 0 Å². The van der Waals surface area contributed by atoms with Crippen molar-refractivity contribution in [3.05, 3.63) is 89.5 Å². The van der Waals surface area contributed by atoms with Gasteiger partial charge in [0.15, 0.2) is 11.6 Å². The van der Waals surface area contributed by atoms with Gasteiger partial charge in [-0.2, -0.15) is 0 Å². The summed E-state index contributed by atoms with van der Waals surface area (Å²) in [6.45, 7) is 4.72. The molecule has 0 bridgehead atoms. The first kappa shape index (κ1) is 19.8. The van der Waals surface area contributed by atoms with Gasteiger partial charge in [0.1, 0.15) is 0 Å². The van der Waals surface area contributed by atoms with Crippen LogP contribution in [0.3, 0.4) is 0 Å². The number of nitrogens with zero attached hydrogens (tertiary/aromatic N) is 1. The van der Waals surface area contributed by atoms with Gasteiger partial charge in [0, 0.05) is 39.5 Å². The van der Waals surface area contributed by atoms with Gasteiger partial charge < -0.3 is 4.57 Å². The van der Waals surface area contributed by atoms with Crippen LogP contribution in [0.25, 0.3) is 27.9 Å². The van der Waals surface area contributed by atoms with E-state index >= 15 is 0 Å². The number of aromatic nitrogens is 1. The number of benzene rings is 3. The molecule has 3 nitrogen and oxygen atoms in total. The lowest BCUT2D eigenvalue weighted by Gasteiger charge is -2.06. The van der Waals surface area contributed by atoms with E-state index in [4.69, 9.17) is 0 Å². The summed E-state index contributed by atoms with van der Waals surface area (Å²) in [6.07, 6.45) is 5.66. The Hall–Kier alpha value is -3.46. The van der Waals surface area contributed by atoms with Gasteiger partial charge in [0.2, 0.25) is 0 Å². The molecule has 0 spiro atoms. The summed E-state index contributed by atoms with van der Waals surface area (Å²) >= 11 is 0. The summed E-state index contributed by atoms with van der Waals surface area (Å²) in [6, 6.07) is 21.6. The number of Topliss-reactive ketones (excluding diaryl/α,β-unsaturated/α-hetero) is 1. The molecule has 30 heavy (non-hydrogen) atoms. The van der Waals surface area contributed by atoms with Crippen LogP contribution in [-0.2, 0) is 6.54 Å². The maximum atomic E-state index is 12.8. The topological polar surface area (TPSA) is 39.1 Å². The fraction of sp³-hybridized carbons (Fsp3) is 0.185. The van der Waals surface area contributed by atoms with Gasteiger partial charge in [-0.25, -0.2) is 0 Å². The first-order chi connectivity index (χ1) is 14.6. The summed E-state index contributed by atoms with van der Waals surface area (Å²) < 4.78 is 2.36. The van der Waals surface area contributed by atoms with Crippen LogP contribution in [0, 0.1) is 0 Å². The highest BCUT2D eigenvalue weighted by Crippen LogP contribution is 2.30. The van der Waals surface area contributed by atoms with Crippen LogP contribution in [0.5, 0.6) is 0 Å². The molecule has 1 heterocycles. The van der Waals surface area contributed by atoms with Crippen molar-refractivity contribution in [3.63, 3.8) is 0 Å². The minimum atomic E-state index is -0.0297. The first-order valence-electron chi connectivity index (χ1n) is 10.4. The lowest BCUT2D eigenvalue weighted by atomic mass is 10.0. The SMILES string of the molecule is CCCCn1c2ccccc2c2cc(C(=O)/C=C/c3ccc(C(C)=O)cc3)ccc21. The Balaban J connectivity index is 1.66. The number of ketones is 2. The van der Waals surface area contributed by atoms with E-state index < -0.39 is 0 Å². The van der Waals surface area contributed by atoms with Crippen LogP contribution in [0.15, 0.2) is 72.8 Å². The van der Waals surface area contributed by atoms with Gasteiger partial charge in [-0.05, 0) is 49.2 Å². The summed E-state index contributed by atoms with van der Waals surface area (Å²) in [7, 11) is 0. The van der Waals surface area contributed by atoms with Gasteiger partial charge in [-0.15, -0.1) is 0 Å². The molecule has 0 atom stereocenters. The Morgan fingerprint density at radius 3 is 2.30 bits per heavy atom. The molecule has 1 aromatic heterocycles. The number of hydrogen-bond acceptors (Lipinski definition) is 2. The second kappa shape index (κ2) is 8.50. The number of carbonyl (C=O) groups excluding carboxylic acids is 2. The van der Waals surface area contributed by atoms with Gasteiger partial charge in [-0.3, -0.25) is 9.59 Å². The third-order valence-electron chi connectivity index (χ3n) is 5.54. The average Bonchev–Trinajstić information content (AvgIpc) is 3.09. The molecular formula is C27H25NO2. The molecule has 0 N–H and O–H groups in total. The Morgan fingerprint density at radius 2 is 1.57 bits per heavy atom. The number of allylic oxidation sites excluding steroid dienone is 1. The molecule has 0 amide bonds. The van der Waals surface area contributed by atoms with Crippen molar-refractivity contribution in [2.75, 3.05) is 0 Å². The minimum absolute atomic E-state index is 0.0297. The lowest BCUT2D eigenvalue weighted by molar-refractivity contribution is 0.101. The summed E-state index contributed by atoms with van der Waals surface area (Å²) in [5, 5.41) is 2.30. The van der Waals surface area contributed by atoms with Crippen LogP contribution in [0.4, 0.5) is 0 Å². The average molecular weight is 396 g/mol. The zero-order chi connectivity index (χ0) is 21.1. The predicted octanol–water partition coefficient (Wildman–Crippen LogP) is 6.69. The maximum absolute atomic E-state index is 12.8. The van der Waals surface area contributed by atoms with Crippen molar-refractivity contribution in [1.82, 2.24) is 4.57 Å². The Morgan fingerprint density at radius 1 is 0.867 bits per heavy atom. The first-order valence-corrected chi connectivity index (χ1v) is 10.4. The van der Waals surface area contributed by atoms with Crippen molar-refractivity contribution in [2.45, 2.75) is 33.2 Å². The van der Waals surface area contributed by atoms with Crippen LogP contribution < -0.4 is 0 Å². The van der Waals surface area contributed by atoms with Crippen molar-refractivity contribution < 1.29 is 9.59 Å². The minimum Gasteiger partial charge on any atom is -0.340 e. The number of para-hydroxylation sites is 1. The molecule has 3 heteroatoms. The van der Waals surface area contributed by atoms with Crippen molar-refractivity contribution >= 4 is 39.4 Å². The van der Waals surface area contributed by atoms with E-state index in [9.17, 15) is 9.59 Å². The van der Waals surface area contributed by atoms with Crippen LogP contribution in [-0.4, -0.2) is 16.1 Å². The van der Waals surface area contributed by atoms with Gasteiger partial charge in [0.05, 0.1) is 0 Å². The van der Waals surface area contributed by atoms with Crippen molar-refractivity contribution in [2.24, 2.45) is 0 Å². The standard InChI is InChI=1S/C27H25NO2/c1-3-4-17-28-25-8-6-5-7-23(25)24-18-22(14-15-26(24)28)27(30)16-11-20-9-12-21(13-10-20)19(2)29/h5-16,18H,3-4,17H2,1-2H3/b16-11+. The molecular weight excluding hydrogens is 370 g/mol. The molecule has 0 aliphatic rings. The predicted molar refractivity (Wildman–Crippen MR) is 124 cm³/mol. The summed E-state index contributed by atoms with van der Waals surface area (Å²) in [4.78, 5) is 24.2. The Kier molecular flexibility index (Phi) is 5.62. The van der Waals surface area contributed by atoms with E-state index in [0.29, 0.717) is 11.1 Å². The molecule has 0 fully saturated rings.